The molecule has 1 aromatic carbocycles. The third-order valence-electron chi connectivity index (χ3n) is 3.32. The minimum Gasteiger partial charge on any atom is -0.493 e. The van der Waals surface area contributed by atoms with Crippen molar-refractivity contribution in [2.45, 2.75) is 6.92 Å². The van der Waals surface area contributed by atoms with E-state index in [0.29, 0.717) is 17.9 Å². The van der Waals surface area contributed by atoms with Gasteiger partial charge in [0.25, 0.3) is 0 Å². The number of rotatable bonds is 4. The van der Waals surface area contributed by atoms with Crippen molar-refractivity contribution < 1.29 is 18.7 Å². The molecular weight excluding hydrogens is 282 g/mol. The second-order valence-electron chi connectivity index (χ2n) is 4.62. The number of hydrogen-bond donors (Lipinski definition) is 0. The van der Waals surface area contributed by atoms with Crippen LogP contribution < -0.4 is 4.74 Å². The van der Waals surface area contributed by atoms with Crippen LogP contribution in [0, 0.1) is 0 Å². The van der Waals surface area contributed by atoms with Gasteiger partial charge in [0.2, 0.25) is 0 Å². The van der Waals surface area contributed by atoms with E-state index in [9.17, 15) is 4.79 Å². The maximum Gasteiger partial charge on any atom is 0.330 e. The van der Waals surface area contributed by atoms with Crippen molar-refractivity contribution in [2.24, 2.45) is 0 Å². The number of pyridine rings is 1. The number of carbonyl (C=O) groups is 1. The van der Waals surface area contributed by atoms with Crippen LogP contribution in [-0.2, 0) is 9.53 Å². The fourth-order valence-electron chi connectivity index (χ4n) is 2.37. The normalized spacial score (nSPS) is 11.4. The van der Waals surface area contributed by atoms with Crippen LogP contribution in [0.2, 0.25) is 0 Å². The predicted molar refractivity (Wildman–Crippen MR) is 83.7 cm³/mol. The highest BCUT2D eigenvalue weighted by Gasteiger charge is 2.14. The van der Waals surface area contributed by atoms with Crippen molar-refractivity contribution in [3.05, 3.63) is 42.2 Å². The maximum atomic E-state index is 11.5. The van der Waals surface area contributed by atoms with E-state index >= 15 is 0 Å². The van der Waals surface area contributed by atoms with Crippen LogP contribution in [0.1, 0.15) is 12.5 Å². The van der Waals surface area contributed by atoms with Gasteiger partial charge in [-0.25, -0.2) is 4.79 Å². The van der Waals surface area contributed by atoms with Crippen molar-refractivity contribution >= 4 is 34.0 Å². The number of aromatic nitrogens is 1. The molecule has 0 fully saturated rings. The molecule has 0 aliphatic rings. The molecule has 0 radical (unpaired) electrons. The van der Waals surface area contributed by atoms with Crippen molar-refractivity contribution in [1.82, 2.24) is 4.98 Å². The Hall–Kier alpha value is -2.82. The first-order valence-corrected chi connectivity index (χ1v) is 6.92. The third-order valence-corrected chi connectivity index (χ3v) is 3.32. The SMILES string of the molecule is CCOC(=O)C=Cc1ccc(OC)c2oc3ccncc3c12. The highest BCUT2D eigenvalue weighted by molar-refractivity contribution is 6.11. The van der Waals surface area contributed by atoms with E-state index in [1.807, 2.05) is 12.1 Å². The summed E-state index contributed by atoms with van der Waals surface area (Å²) in [5.74, 6) is 0.261. The summed E-state index contributed by atoms with van der Waals surface area (Å²) in [6.45, 7) is 2.12. The lowest BCUT2D eigenvalue weighted by Gasteiger charge is -2.03. The Bertz CT molecular complexity index is 864. The zero-order chi connectivity index (χ0) is 15.5. The van der Waals surface area contributed by atoms with Crippen molar-refractivity contribution in [3.63, 3.8) is 0 Å². The molecule has 22 heavy (non-hydrogen) atoms. The summed E-state index contributed by atoms with van der Waals surface area (Å²) < 4.78 is 16.1. The molecule has 0 aliphatic carbocycles. The zero-order valence-electron chi connectivity index (χ0n) is 12.3. The molecule has 0 bridgehead atoms. The van der Waals surface area contributed by atoms with E-state index in [2.05, 4.69) is 4.98 Å². The van der Waals surface area contributed by atoms with Crippen molar-refractivity contribution in [3.8, 4) is 5.75 Å². The van der Waals surface area contributed by atoms with Gasteiger partial charge in [-0.3, -0.25) is 4.98 Å². The third kappa shape index (κ3) is 2.41. The summed E-state index contributed by atoms with van der Waals surface area (Å²) in [4.78, 5) is 15.6. The van der Waals surface area contributed by atoms with Crippen LogP contribution in [0.3, 0.4) is 0 Å². The summed E-state index contributed by atoms with van der Waals surface area (Å²) in [5.41, 5.74) is 2.20. The highest BCUT2D eigenvalue weighted by atomic mass is 16.5. The molecular formula is C17H15NO4. The summed E-state index contributed by atoms with van der Waals surface area (Å²) in [6, 6.07) is 5.48. The molecule has 0 saturated carbocycles. The number of furan rings is 1. The van der Waals surface area contributed by atoms with Crippen LogP contribution in [0.15, 0.2) is 41.1 Å². The second-order valence-corrected chi connectivity index (χ2v) is 4.62. The molecule has 0 unspecified atom stereocenters. The lowest BCUT2D eigenvalue weighted by molar-refractivity contribution is -0.137. The van der Waals surface area contributed by atoms with Crippen LogP contribution in [-0.4, -0.2) is 24.7 Å². The molecule has 0 saturated heterocycles. The maximum absolute atomic E-state index is 11.5. The van der Waals surface area contributed by atoms with Gasteiger partial charge in [0.1, 0.15) is 5.58 Å². The summed E-state index contributed by atoms with van der Waals surface area (Å²) >= 11 is 0. The van der Waals surface area contributed by atoms with Gasteiger partial charge in [-0.1, -0.05) is 6.07 Å². The molecule has 5 nitrogen and oxygen atoms in total. The van der Waals surface area contributed by atoms with E-state index in [4.69, 9.17) is 13.9 Å². The number of hydrogen-bond acceptors (Lipinski definition) is 5. The van der Waals surface area contributed by atoms with Gasteiger partial charge in [0, 0.05) is 29.2 Å². The summed E-state index contributed by atoms with van der Waals surface area (Å²) in [6.07, 6.45) is 6.52. The molecule has 3 aromatic rings. The molecule has 5 heteroatoms. The average molecular weight is 297 g/mol. The zero-order valence-corrected chi connectivity index (χ0v) is 12.3. The van der Waals surface area contributed by atoms with Crippen LogP contribution in [0.5, 0.6) is 5.75 Å². The lowest BCUT2D eigenvalue weighted by Crippen LogP contribution is -1.98. The summed E-state index contributed by atoms with van der Waals surface area (Å²) in [5, 5.41) is 1.74. The number of esters is 1. The molecule has 0 atom stereocenters. The molecule has 2 aromatic heterocycles. The Kier molecular flexibility index (Phi) is 3.78. The van der Waals surface area contributed by atoms with E-state index < -0.39 is 0 Å². The Morgan fingerprint density at radius 3 is 3.00 bits per heavy atom. The van der Waals surface area contributed by atoms with Crippen LogP contribution in [0.4, 0.5) is 0 Å². The van der Waals surface area contributed by atoms with E-state index in [1.165, 1.54) is 6.08 Å². The quantitative estimate of drug-likeness (QED) is 0.544. The fraction of sp³-hybridized carbons (Fsp3) is 0.176. The van der Waals surface area contributed by atoms with Gasteiger partial charge in [0.15, 0.2) is 11.3 Å². The number of nitrogens with zero attached hydrogens (tertiary/aromatic N) is 1. The Morgan fingerprint density at radius 1 is 1.36 bits per heavy atom. The molecule has 112 valence electrons. The molecule has 3 rings (SSSR count). The van der Waals surface area contributed by atoms with Gasteiger partial charge < -0.3 is 13.9 Å². The fourth-order valence-corrected chi connectivity index (χ4v) is 2.37. The predicted octanol–water partition coefficient (Wildman–Crippen LogP) is 3.57. The largest absolute Gasteiger partial charge is 0.493 e. The van der Waals surface area contributed by atoms with E-state index in [0.717, 1.165) is 21.9 Å². The Morgan fingerprint density at radius 2 is 2.23 bits per heavy atom. The van der Waals surface area contributed by atoms with Gasteiger partial charge in [0.05, 0.1) is 13.7 Å². The van der Waals surface area contributed by atoms with Crippen LogP contribution >= 0.6 is 0 Å². The standard InChI is InChI=1S/C17H15NO4/c1-3-21-15(19)7-5-11-4-6-14(20-2)17-16(11)12-10-18-9-8-13(12)22-17/h4-10H,3H2,1-2H3. The minimum atomic E-state index is -0.377. The monoisotopic (exact) mass is 297 g/mol. The van der Waals surface area contributed by atoms with E-state index in [1.54, 1.807) is 38.6 Å². The average Bonchev–Trinajstić information content (AvgIpc) is 2.92. The molecule has 0 spiro atoms. The number of carbonyl (C=O) groups excluding carboxylic acids is 1. The number of methoxy groups -OCH3 is 1. The smallest absolute Gasteiger partial charge is 0.330 e. The second kappa shape index (κ2) is 5.89. The molecule has 0 N–H and O–H groups in total. The van der Waals surface area contributed by atoms with E-state index in [-0.39, 0.29) is 5.97 Å². The van der Waals surface area contributed by atoms with Gasteiger partial charge in [-0.15, -0.1) is 0 Å². The van der Waals surface area contributed by atoms with Crippen LogP contribution in [0.25, 0.3) is 28.0 Å². The highest BCUT2D eigenvalue weighted by Crippen LogP contribution is 2.37. The Labute approximate surface area is 127 Å². The van der Waals surface area contributed by atoms with Gasteiger partial charge >= 0.3 is 5.97 Å². The number of benzene rings is 1. The number of ether oxygens (including phenoxy) is 2. The molecule has 0 amide bonds. The topological polar surface area (TPSA) is 61.6 Å². The van der Waals surface area contributed by atoms with Crippen molar-refractivity contribution in [2.75, 3.05) is 13.7 Å². The first-order chi connectivity index (χ1) is 10.7. The molecule has 2 heterocycles. The first-order valence-electron chi connectivity index (χ1n) is 6.92. The number of fused-ring (bicyclic) bond motifs is 3. The minimum absolute atomic E-state index is 0.347. The van der Waals surface area contributed by atoms with Gasteiger partial charge in [-0.2, -0.15) is 0 Å². The van der Waals surface area contributed by atoms with Gasteiger partial charge in [-0.05, 0) is 30.7 Å². The summed E-state index contributed by atoms with van der Waals surface area (Å²) in [7, 11) is 1.59. The lowest BCUT2D eigenvalue weighted by atomic mass is 10.1. The Balaban J connectivity index is 2.20. The molecule has 0 aliphatic heterocycles. The van der Waals surface area contributed by atoms with Crippen molar-refractivity contribution in [1.29, 1.82) is 0 Å². The first kappa shape index (κ1) is 14.1.